The Balaban J connectivity index is 2.40. The molecule has 1 saturated carbocycles. The van der Waals surface area contributed by atoms with E-state index in [0.29, 0.717) is 11.3 Å². The molecule has 0 spiro atoms. The number of amides is 2. The van der Waals surface area contributed by atoms with Gasteiger partial charge in [0, 0.05) is 12.6 Å². The standard InChI is InChI=1S/C13H27N3O3S/c1-9-7-13(3,4)6-5-11(9)16-12(17)15-8-10(2)20(14,18)19/h9-11H,5-8H2,1-4H3,(H2,14,18,19)(H2,15,16,17). The third-order valence-electron chi connectivity index (χ3n) is 4.12. The van der Waals surface area contributed by atoms with Crippen LogP contribution in [0.15, 0.2) is 0 Å². The predicted molar refractivity (Wildman–Crippen MR) is 79.7 cm³/mol. The van der Waals surface area contributed by atoms with E-state index in [9.17, 15) is 13.2 Å². The molecule has 4 N–H and O–H groups in total. The smallest absolute Gasteiger partial charge is 0.315 e. The summed E-state index contributed by atoms with van der Waals surface area (Å²) in [5, 5.41) is 9.72. The van der Waals surface area contributed by atoms with Crippen molar-refractivity contribution in [3.05, 3.63) is 0 Å². The number of primary sulfonamides is 1. The Morgan fingerprint density at radius 3 is 2.55 bits per heavy atom. The fraction of sp³-hybridized carbons (Fsp3) is 0.923. The van der Waals surface area contributed by atoms with Crippen molar-refractivity contribution < 1.29 is 13.2 Å². The lowest BCUT2D eigenvalue weighted by Gasteiger charge is -2.39. The number of nitrogens with one attached hydrogen (secondary N) is 2. The third kappa shape index (κ3) is 5.28. The van der Waals surface area contributed by atoms with Gasteiger partial charge in [0.15, 0.2) is 0 Å². The van der Waals surface area contributed by atoms with Crippen LogP contribution in [0.4, 0.5) is 4.79 Å². The highest BCUT2D eigenvalue weighted by molar-refractivity contribution is 7.89. The molecule has 0 aliphatic heterocycles. The molecule has 2 amide bonds. The maximum atomic E-state index is 11.8. The van der Waals surface area contributed by atoms with Crippen molar-refractivity contribution in [2.45, 2.75) is 58.2 Å². The SMILES string of the molecule is CC1CC(C)(C)CCC1NC(=O)NCC(C)S(N)(=O)=O. The maximum absolute atomic E-state index is 11.8. The number of hydrogen-bond acceptors (Lipinski definition) is 3. The van der Waals surface area contributed by atoms with Gasteiger partial charge in [-0.2, -0.15) is 0 Å². The number of carbonyl (C=O) groups is 1. The molecule has 20 heavy (non-hydrogen) atoms. The minimum Gasteiger partial charge on any atom is -0.337 e. The van der Waals surface area contributed by atoms with E-state index in [4.69, 9.17) is 5.14 Å². The number of sulfonamides is 1. The first kappa shape index (κ1) is 17.2. The van der Waals surface area contributed by atoms with E-state index in [1.807, 2.05) is 0 Å². The average molecular weight is 305 g/mol. The van der Waals surface area contributed by atoms with Crippen molar-refractivity contribution in [1.29, 1.82) is 0 Å². The van der Waals surface area contributed by atoms with Gasteiger partial charge in [-0.1, -0.05) is 20.8 Å². The Morgan fingerprint density at radius 2 is 2.05 bits per heavy atom. The molecule has 0 aromatic rings. The predicted octanol–water partition coefficient (Wildman–Crippen LogP) is 1.18. The zero-order valence-electron chi connectivity index (χ0n) is 12.8. The molecule has 0 heterocycles. The highest BCUT2D eigenvalue weighted by atomic mass is 32.2. The molecule has 1 aliphatic rings. The summed E-state index contributed by atoms with van der Waals surface area (Å²) >= 11 is 0. The van der Waals surface area contributed by atoms with E-state index in [1.165, 1.54) is 6.92 Å². The largest absolute Gasteiger partial charge is 0.337 e. The van der Waals surface area contributed by atoms with E-state index in [-0.39, 0.29) is 18.6 Å². The zero-order chi connectivity index (χ0) is 15.6. The number of urea groups is 1. The van der Waals surface area contributed by atoms with E-state index >= 15 is 0 Å². The summed E-state index contributed by atoms with van der Waals surface area (Å²) in [6.45, 7) is 8.12. The Hall–Kier alpha value is -0.820. The first-order valence-electron chi connectivity index (χ1n) is 7.07. The minimum absolute atomic E-state index is 0.0251. The van der Waals surface area contributed by atoms with Gasteiger partial charge >= 0.3 is 6.03 Å². The number of nitrogens with two attached hydrogens (primary N) is 1. The summed E-state index contributed by atoms with van der Waals surface area (Å²) in [6, 6.07) is -0.176. The molecular weight excluding hydrogens is 278 g/mol. The molecule has 1 rings (SSSR count). The second-order valence-electron chi connectivity index (χ2n) is 6.74. The van der Waals surface area contributed by atoms with Gasteiger partial charge in [-0.15, -0.1) is 0 Å². The molecule has 1 aliphatic carbocycles. The van der Waals surface area contributed by atoms with E-state index in [2.05, 4.69) is 31.4 Å². The molecule has 3 atom stereocenters. The molecule has 0 aromatic heterocycles. The van der Waals surface area contributed by atoms with Gasteiger partial charge in [0.25, 0.3) is 0 Å². The van der Waals surface area contributed by atoms with Crippen LogP contribution in [0, 0.1) is 11.3 Å². The topological polar surface area (TPSA) is 101 Å². The summed E-state index contributed by atoms with van der Waals surface area (Å²) in [5.41, 5.74) is 0.330. The van der Waals surface area contributed by atoms with Gasteiger partial charge < -0.3 is 10.6 Å². The minimum atomic E-state index is -3.60. The van der Waals surface area contributed by atoms with Crippen molar-refractivity contribution in [3.63, 3.8) is 0 Å². The van der Waals surface area contributed by atoms with Crippen LogP contribution in [0.5, 0.6) is 0 Å². The van der Waals surface area contributed by atoms with Crippen molar-refractivity contribution in [2.75, 3.05) is 6.54 Å². The quantitative estimate of drug-likeness (QED) is 0.726. The lowest BCUT2D eigenvalue weighted by molar-refractivity contribution is 0.149. The van der Waals surface area contributed by atoms with Crippen molar-refractivity contribution in [1.82, 2.24) is 10.6 Å². The first-order chi connectivity index (χ1) is 9.01. The Labute approximate surface area is 121 Å². The maximum Gasteiger partial charge on any atom is 0.315 e. The molecule has 0 aromatic carbocycles. The summed E-state index contributed by atoms with van der Waals surface area (Å²) in [6.07, 6.45) is 3.10. The van der Waals surface area contributed by atoms with Crippen LogP contribution in [0.3, 0.4) is 0 Å². The first-order valence-corrected chi connectivity index (χ1v) is 8.68. The molecule has 6 nitrogen and oxygen atoms in total. The zero-order valence-corrected chi connectivity index (χ0v) is 13.6. The van der Waals surface area contributed by atoms with Crippen LogP contribution in [0.2, 0.25) is 0 Å². The normalized spacial score (nSPS) is 27.6. The van der Waals surface area contributed by atoms with Crippen LogP contribution in [0.25, 0.3) is 0 Å². The molecule has 1 fully saturated rings. The molecule has 7 heteroatoms. The number of carbonyl (C=O) groups excluding carboxylic acids is 1. The molecule has 0 radical (unpaired) electrons. The van der Waals surface area contributed by atoms with Gasteiger partial charge in [-0.3, -0.25) is 0 Å². The molecule has 0 saturated heterocycles. The van der Waals surface area contributed by atoms with E-state index in [1.54, 1.807) is 0 Å². The van der Waals surface area contributed by atoms with Gasteiger partial charge in [0.2, 0.25) is 10.0 Å². The Morgan fingerprint density at radius 1 is 1.45 bits per heavy atom. The highest BCUT2D eigenvalue weighted by Gasteiger charge is 2.33. The average Bonchev–Trinajstić information content (AvgIpc) is 2.28. The molecule has 3 unspecified atom stereocenters. The third-order valence-corrected chi connectivity index (χ3v) is 5.41. The van der Waals surface area contributed by atoms with Crippen LogP contribution >= 0.6 is 0 Å². The monoisotopic (exact) mass is 305 g/mol. The molecular formula is C13H27N3O3S. The Kier molecular flexibility index (Phi) is 5.43. The van der Waals surface area contributed by atoms with Gasteiger partial charge in [-0.05, 0) is 37.5 Å². The van der Waals surface area contributed by atoms with Crippen molar-refractivity contribution >= 4 is 16.1 Å². The van der Waals surface area contributed by atoms with Crippen molar-refractivity contribution in [2.24, 2.45) is 16.5 Å². The fourth-order valence-electron chi connectivity index (χ4n) is 2.73. The number of hydrogen-bond donors (Lipinski definition) is 3. The van der Waals surface area contributed by atoms with E-state index < -0.39 is 15.3 Å². The summed E-state index contributed by atoms with van der Waals surface area (Å²) in [4.78, 5) is 11.8. The van der Waals surface area contributed by atoms with Crippen LogP contribution < -0.4 is 15.8 Å². The second-order valence-corrected chi connectivity index (χ2v) is 8.73. The fourth-order valence-corrected chi connectivity index (χ4v) is 3.05. The van der Waals surface area contributed by atoms with Crippen molar-refractivity contribution in [3.8, 4) is 0 Å². The van der Waals surface area contributed by atoms with Crippen LogP contribution in [-0.2, 0) is 10.0 Å². The lowest BCUT2D eigenvalue weighted by Crippen LogP contribution is -2.50. The second kappa shape index (κ2) is 6.30. The van der Waals surface area contributed by atoms with Gasteiger partial charge in [0.1, 0.15) is 0 Å². The van der Waals surface area contributed by atoms with Gasteiger partial charge in [-0.25, -0.2) is 18.4 Å². The van der Waals surface area contributed by atoms with Gasteiger partial charge in [0.05, 0.1) is 5.25 Å². The summed E-state index contributed by atoms with van der Waals surface area (Å²) in [7, 11) is -3.60. The Bertz CT molecular complexity index is 448. The molecule has 0 bridgehead atoms. The lowest BCUT2D eigenvalue weighted by atomic mass is 9.70. The summed E-state index contributed by atoms with van der Waals surface area (Å²) < 4.78 is 22.1. The number of rotatable bonds is 4. The van der Waals surface area contributed by atoms with Crippen LogP contribution in [-0.4, -0.2) is 32.3 Å². The van der Waals surface area contributed by atoms with Crippen LogP contribution in [0.1, 0.15) is 47.0 Å². The molecule has 118 valence electrons. The summed E-state index contributed by atoms with van der Waals surface area (Å²) in [5.74, 6) is 0.417. The van der Waals surface area contributed by atoms with E-state index in [0.717, 1.165) is 19.3 Å². The highest BCUT2D eigenvalue weighted by Crippen LogP contribution is 2.38.